The number of benzene rings is 2. The highest BCUT2D eigenvalue weighted by atomic mass is 32.1. The minimum absolute atomic E-state index is 0.0618. The Labute approximate surface area is 219 Å². The summed E-state index contributed by atoms with van der Waals surface area (Å²) in [6.07, 6.45) is 3.32. The van der Waals surface area contributed by atoms with E-state index in [4.69, 9.17) is 14.7 Å². The van der Waals surface area contributed by atoms with Gasteiger partial charge in [-0.25, -0.2) is 14.4 Å². The van der Waals surface area contributed by atoms with Crippen LogP contribution in [0.3, 0.4) is 0 Å². The lowest BCUT2D eigenvalue weighted by Gasteiger charge is -2.36. The highest BCUT2D eigenvalue weighted by molar-refractivity contribution is 7.19. The summed E-state index contributed by atoms with van der Waals surface area (Å²) >= 11 is 1.80. The van der Waals surface area contributed by atoms with Crippen LogP contribution in [-0.4, -0.2) is 54.1 Å². The monoisotopic (exact) mass is 516 g/mol. The molecule has 0 spiro atoms. The molecule has 1 amide bonds. The Bertz CT molecular complexity index is 1440. The summed E-state index contributed by atoms with van der Waals surface area (Å²) in [6.45, 7) is 4.86. The smallest absolute Gasteiger partial charge is 0.253 e. The Hall–Kier alpha value is -3.52. The van der Waals surface area contributed by atoms with Crippen LogP contribution < -0.4 is 9.64 Å². The van der Waals surface area contributed by atoms with Crippen molar-refractivity contribution < 1.29 is 13.9 Å². The van der Waals surface area contributed by atoms with Gasteiger partial charge in [-0.15, -0.1) is 11.3 Å². The van der Waals surface area contributed by atoms with E-state index in [-0.39, 0.29) is 11.7 Å². The number of anilines is 1. The molecule has 1 unspecified atom stereocenters. The molecule has 1 aliphatic carbocycles. The van der Waals surface area contributed by atoms with Gasteiger partial charge in [-0.1, -0.05) is 6.92 Å². The van der Waals surface area contributed by atoms with Crippen LogP contribution in [0.5, 0.6) is 5.75 Å². The van der Waals surface area contributed by atoms with Gasteiger partial charge in [0.2, 0.25) is 0 Å². The van der Waals surface area contributed by atoms with E-state index in [2.05, 4.69) is 11.8 Å². The normalized spacial score (nSPS) is 17.6. The third-order valence-corrected chi connectivity index (χ3v) is 8.59. The summed E-state index contributed by atoms with van der Waals surface area (Å²) in [4.78, 5) is 29.8. The van der Waals surface area contributed by atoms with E-state index in [0.717, 1.165) is 34.8 Å². The van der Waals surface area contributed by atoms with Gasteiger partial charge >= 0.3 is 0 Å². The predicted octanol–water partition coefficient (Wildman–Crippen LogP) is 5.59. The van der Waals surface area contributed by atoms with Crippen LogP contribution in [0.1, 0.15) is 34.1 Å². The van der Waals surface area contributed by atoms with Crippen molar-refractivity contribution in [1.29, 1.82) is 0 Å². The second-order valence-corrected chi connectivity index (χ2v) is 11.0. The molecule has 3 heterocycles. The van der Waals surface area contributed by atoms with Gasteiger partial charge in [0.15, 0.2) is 5.82 Å². The first kappa shape index (κ1) is 23.9. The Morgan fingerprint density at radius 3 is 2.46 bits per heavy atom. The first-order chi connectivity index (χ1) is 18.0. The second-order valence-electron chi connectivity index (χ2n) is 9.92. The number of ether oxygens (including phenoxy) is 1. The number of rotatable bonds is 4. The number of aryl methyl sites for hydroxylation is 1. The van der Waals surface area contributed by atoms with Gasteiger partial charge in [0.25, 0.3) is 5.91 Å². The summed E-state index contributed by atoms with van der Waals surface area (Å²) in [7, 11) is 1.66. The Balaban J connectivity index is 1.34. The lowest BCUT2D eigenvalue weighted by Crippen LogP contribution is -2.49. The van der Waals surface area contributed by atoms with Crippen LogP contribution in [0.2, 0.25) is 0 Å². The lowest BCUT2D eigenvalue weighted by molar-refractivity contribution is 0.0746. The van der Waals surface area contributed by atoms with E-state index in [9.17, 15) is 9.18 Å². The predicted molar refractivity (Wildman–Crippen MR) is 145 cm³/mol. The number of carbonyl (C=O) groups excluding carboxylic acids is 1. The molecular weight excluding hydrogens is 487 g/mol. The van der Waals surface area contributed by atoms with Gasteiger partial charge < -0.3 is 14.5 Å². The maximum absolute atomic E-state index is 13.3. The maximum Gasteiger partial charge on any atom is 0.253 e. The quantitative estimate of drug-likeness (QED) is 0.354. The summed E-state index contributed by atoms with van der Waals surface area (Å²) in [5.74, 6) is 2.76. The molecule has 0 bridgehead atoms. The molecule has 1 atom stereocenters. The van der Waals surface area contributed by atoms with Gasteiger partial charge in [0.05, 0.1) is 12.5 Å². The zero-order chi connectivity index (χ0) is 25.5. The molecule has 2 aliphatic rings. The van der Waals surface area contributed by atoms with E-state index in [1.807, 2.05) is 29.2 Å². The molecule has 0 radical (unpaired) electrons. The van der Waals surface area contributed by atoms with Crippen LogP contribution in [0.15, 0.2) is 48.5 Å². The van der Waals surface area contributed by atoms with Crippen molar-refractivity contribution in [2.75, 3.05) is 38.2 Å². The number of aromatic nitrogens is 2. The number of methoxy groups -OCH3 is 1. The molecule has 1 saturated heterocycles. The molecule has 2 aromatic carbocycles. The number of thiophene rings is 1. The van der Waals surface area contributed by atoms with Crippen molar-refractivity contribution in [3.63, 3.8) is 0 Å². The zero-order valence-electron chi connectivity index (χ0n) is 21.0. The third-order valence-electron chi connectivity index (χ3n) is 7.44. The molecule has 1 fully saturated rings. The SMILES string of the molecule is COc1ccc(-c2nc(N3CCN(C(=O)c4ccc(F)cc4)CC3)c3c4c(sc3n2)CC(C)CC4)cc1. The molecular formula is C29H29FN4O2S. The molecule has 37 heavy (non-hydrogen) atoms. The van der Waals surface area contributed by atoms with Gasteiger partial charge in [-0.05, 0) is 79.3 Å². The van der Waals surface area contributed by atoms with Crippen molar-refractivity contribution in [3.8, 4) is 17.1 Å². The molecule has 8 heteroatoms. The van der Waals surface area contributed by atoms with E-state index in [1.165, 1.54) is 34.4 Å². The Kier molecular flexibility index (Phi) is 6.28. The fourth-order valence-electron chi connectivity index (χ4n) is 5.32. The standard InChI is InChI=1S/C29H29FN4O2S/c1-18-3-12-23-24(17-18)37-28-25(23)27(31-26(32-28)19-6-10-22(36-2)11-7-19)33-13-15-34(16-14-33)29(35)20-4-8-21(30)9-5-20/h4-11,18H,3,12-17H2,1-2H3. The number of carbonyl (C=O) groups is 1. The average Bonchev–Trinajstić information content (AvgIpc) is 3.30. The number of hydrogen-bond acceptors (Lipinski definition) is 6. The third kappa shape index (κ3) is 4.55. The average molecular weight is 517 g/mol. The first-order valence-corrected chi connectivity index (χ1v) is 13.6. The van der Waals surface area contributed by atoms with Gasteiger partial charge in [-0.2, -0.15) is 0 Å². The number of nitrogens with zero attached hydrogens (tertiary/aromatic N) is 4. The van der Waals surface area contributed by atoms with Gasteiger partial charge in [-0.3, -0.25) is 4.79 Å². The summed E-state index contributed by atoms with van der Waals surface area (Å²) < 4.78 is 18.6. The Morgan fingerprint density at radius 2 is 1.76 bits per heavy atom. The number of hydrogen-bond donors (Lipinski definition) is 0. The fourth-order valence-corrected chi connectivity index (χ4v) is 6.69. The maximum atomic E-state index is 13.3. The first-order valence-electron chi connectivity index (χ1n) is 12.8. The van der Waals surface area contributed by atoms with Crippen LogP contribution >= 0.6 is 11.3 Å². The van der Waals surface area contributed by atoms with E-state index in [1.54, 1.807) is 30.6 Å². The number of halogens is 1. The van der Waals surface area contributed by atoms with Gasteiger partial charge in [0.1, 0.15) is 22.2 Å². The summed E-state index contributed by atoms with van der Waals surface area (Å²) in [6, 6.07) is 13.6. The number of fused-ring (bicyclic) bond motifs is 3. The molecule has 2 aromatic heterocycles. The van der Waals surface area contributed by atoms with Crippen molar-refractivity contribution >= 4 is 33.3 Å². The van der Waals surface area contributed by atoms with Crippen molar-refractivity contribution in [2.24, 2.45) is 5.92 Å². The van der Waals surface area contributed by atoms with Crippen molar-refractivity contribution in [2.45, 2.75) is 26.2 Å². The fraction of sp³-hybridized carbons (Fsp3) is 0.345. The second kappa shape index (κ2) is 9.74. The topological polar surface area (TPSA) is 58.6 Å². The highest BCUT2D eigenvalue weighted by Crippen LogP contribution is 2.42. The largest absolute Gasteiger partial charge is 0.497 e. The minimum Gasteiger partial charge on any atom is -0.497 e. The zero-order valence-corrected chi connectivity index (χ0v) is 21.9. The van der Waals surface area contributed by atoms with Crippen LogP contribution in [-0.2, 0) is 12.8 Å². The number of amides is 1. The molecule has 190 valence electrons. The molecule has 4 aromatic rings. The van der Waals surface area contributed by atoms with E-state index < -0.39 is 0 Å². The number of piperazine rings is 1. The lowest BCUT2D eigenvalue weighted by atomic mass is 9.89. The van der Waals surface area contributed by atoms with Crippen molar-refractivity contribution in [3.05, 3.63) is 70.4 Å². The van der Waals surface area contributed by atoms with Gasteiger partial charge in [0, 0.05) is 42.2 Å². The molecule has 0 N–H and O–H groups in total. The van der Waals surface area contributed by atoms with E-state index in [0.29, 0.717) is 43.5 Å². The minimum atomic E-state index is -0.338. The van der Waals surface area contributed by atoms with Crippen LogP contribution in [0.4, 0.5) is 10.2 Å². The van der Waals surface area contributed by atoms with E-state index >= 15 is 0 Å². The molecule has 6 rings (SSSR count). The van der Waals surface area contributed by atoms with Crippen LogP contribution in [0, 0.1) is 11.7 Å². The molecule has 6 nitrogen and oxygen atoms in total. The van der Waals surface area contributed by atoms with Crippen molar-refractivity contribution in [1.82, 2.24) is 14.9 Å². The molecule has 1 aliphatic heterocycles. The summed E-state index contributed by atoms with van der Waals surface area (Å²) in [5, 5.41) is 1.18. The highest BCUT2D eigenvalue weighted by Gasteiger charge is 2.29. The molecule has 0 saturated carbocycles. The summed E-state index contributed by atoms with van der Waals surface area (Å²) in [5.41, 5.74) is 2.87. The Morgan fingerprint density at radius 1 is 1.03 bits per heavy atom. The van der Waals surface area contributed by atoms with Crippen LogP contribution in [0.25, 0.3) is 21.6 Å².